The fourth-order valence-electron chi connectivity index (χ4n) is 12.8. The first-order chi connectivity index (χ1) is 26.0. The van der Waals surface area contributed by atoms with Crippen molar-refractivity contribution in [3.63, 3.8) is 0 Å². The highest BCUT2D eigenvalue weighted by atomic mass is 16.7. The van der Waals surface area contributed by atoms with Crippen LogP contribution < -0.4 is 0 Å². The van der Waals surface area contributed by atoms with Crippen LogP contribution in [0, 0.1) is 34.5 Å². The molecule has 55 heavy (non-hydrogen) atoms. The Labute approximate surface area is 323 Å². The van der Waals surface area contributed by atoms with Gasteiger partial charge in [0.1, 0.15) is 24.9 Å². The van der Waals surface area contributed by atoms with E-state index < -0.39 is 90.9 Å². The summed E-state index contributed by atoms with van der Waals surface area (Å²) in [6, 6.07) is 0. The summed E-state index contributed by atoms with van der Waals surface area (Å²) >= 11 is 0. The maximum atomic E-state index is 12.6. The van der Waals surface area contributed by atoms with Crippen LogP contribution in [0.4, 0.5) is 0 Å². The van der Waals surface area contributed by atoms with Gasteiger partial charge in [0.2, 0.25) is 0 Å². The molecule has 3 saturated heterocycles. The molecule has 8 aliphatic rings. The van der Waals surface area contributed by atoms with Gasteiger partial charge >= 0.3 is 5.97 Å². The molecular weight excluding hydrogens is 716 g/mol. The van der Waals surface area contributed by atoms with Crippen LogP contribution in [0.5, 0.6) is 0 Å². The van der Waals surface area contributed by atoms with Crippen molar-refractivity contribution in [2.45, 2.75) is 197 Å². The van der Waals surface area contributed by atoms with E-state index >= 15 is 0 Å². The fraction of sp³-hybridized carbons (Fsp3) is 0.927. The van der Waals surface area contributed by atoms with Crippen LogP contribution in [-0.4, -0.2) is 135 Å². The summed E-state index contributed by atoms with van der Waals surface area (Å²) in [6.07, 6.45) is -1.45. The van der Waals surface area contributed by atoms with Crippen molar-refractivity contribution in [3.05, 3.63) is 11.6 Å². The van der Waals surface area contributed by atoms with Gasteiger partial charge in [-0.2, -0.15) is 0 Å². The molecule has 0 aromatic heterocycles. The van der Waals surface area contributed by atoms with Crippen molar-refractivity contribution in [1.82, 2.24) is 0 Å². The third-order valence-corrected chi connectivity index (χ3v) is 15.8. The molecule has 0 radical (unpaired) electrons. The zero-order chi connectivity index (χ0) is 39.2. The van der Waals surface area contributed by atoms with Crippen LogP contribution in [0.1, 0.15) is 105 Å². The Bertz CT molecular complexity index is 1420. The first-order valence-corrected chi connectivity index (χ1v) is 20.9. The molecule has 0 amide bonds. The number of carbonyl (C=O) groups excluding carboxylic acids is 1. The Morgan fingerprint density at radius 3 is 1.98 bits per heavy atom. The molecule has 2 unspecified atom stereocenters. The van der Waals surface area contributed by atoms with E-state index in [0.717, 1.165) is 50.5 Å². The first-order valence-electron chi connectivity index (χ1n) is 20.9. The minimum Gasteiger partial charge on any atom is -0.458 e. The number of aliphatic hydroxyl groups is 6. The molecule has 21 atom stereocenters. The molecular formula is C41H64O14. The van der Waals surface area contributed by atoms with Crippen molar-refractivity contribution >= 4 is 5.97 Å². The van der Waals surface area contributed by atoms with Gasteiger partial charge in [0.05, 0.1) is 54.4 Å². The number of fused-ring (bicyclic) bond motifs is 5. The lowest BCUT2D eigenvalue weighted by Crippen LogP contribution is -2.62. The molecule has 8 rings (SSSR count). The summed E-state index contributed by atoms with van der Waals surface area (Å²) in [6.45, 7) is 9.97. The standard InChI is InChI=1S/C41H64O14/c1-19-36(46)27(42)14-32(50-19)54-30-16-34(52-21(3)38(30)55-33-15-28(43)37(47)20(2)51-33)53-24-8-10-39(4)23(13-24)6-7-26-25(39)9-11-40(5)35(22-12-31(45)49-18-22)29(44)17-41(26,40)48/h12,19-21,23-30,32-38,42-44,46-48H,6-11,13-18H2,1-5H3/t19-,20-,21-,23-,24+,25?,26?,27+,28+,29+,30+,32+,33+,34+,35+,36-,37-,38-,39+,40-,41+/m1/s1. The normalized spacial score (nSPS) is 55.5. The second kappa shape index (κ2) is 15.1. The van der Waals surface area contributed by atoms with E-state index in [-0.39, 0.29) is 48.8 Å². The number of carbonyl (C=O) groups is 1. The van der Waals surface area contributed by atoms with Crippen molar-refractivity contribution in [1.29, 1.82) is 0 Å². The highest BCUT2D eigenvalue weighted by Gasteiger charge is 2.70. The highest BCUT2D eigenvalue weighted by molar-refractivity contribution is 5.85. The number of hydrogen-bond acceptors (Lipinski definition) is 14. The van der Waals surface area contributed by atoms with Crippen LogP contribution in [0.25, 0.3) is 0 Å². The van der Waals surface area contributed by atoms with Crippen LogP contribution >= 0.6 is 0 Å². The topological polar surface area (TPSA) is 203 Å². The number of rotatable bonds is 7. The molecule has 0 spiro atoms. The van der Waals surface area contributed by atoms with Gasteiger partial charge in [-0.3, -0.25) is 0 Å². The zero-order valence-electron chi connectivity index (χ0n) is 32.9. The second-order valence-corrected chi connectivity index (χ2v) is 18.9. The SMILES string of the molecule is C[C@H]1O[C@@H](O[C@H]2[C@@H](O[C@H]3C[C@H](O)[C@H](O)[C@@H](C)O3)C[C@H](O[C@H]3CC[C@]4(C)C5CC[C@]6(C)[C@@H](C7=CC(=O)OC7)[C@@H](O)C[C@]6(O)C5CC[C@@H]4C3)O[C@@H]2C)C[C@H](O)[C@@H]1O. The molecule has 312 valence electrons. The van der Waals surface area contributed by atoms with E-state index in [4.69, 9.17) is 33.2 Å². The van der Waals surface area contributed by atoms with Crippen molar-refractivity contribution in [3.8, 4) is 0 Å². The first kappa shape index (κ1) is 40.5. The summed E-state index contributed by atoms with van der Waals surface area (Å²) < 4.78 is 43.2. The average molecular weight is 781 g/mol. The number of esters is 1. The van der Waals surface area contributed by atoms with Gasteiger partial charge in [-0.05, 0) is 94.5 Å². The summed E-state index contributed by atoms with van der Waals surface area (Å²) in [4.78, 5) is 12.0. The number of cyclic esters (lactones) is 1. The number of hydrogen-bond donors (Lipinski definition) is 6. The average Bonchev–Trinajstić information content (AvgIpc) is 3.63. The summed E-state index contributed by atoms with van der Waals surface area (Å²) in [5.74, 6) is 0.103. The molecule has 14 heteroatoms. The lowest BCUT2D eigenvalue weighted by Gasteiger charge is -2.63. The van der Waals surface area contributed by atoms with Crippen LogP contribution in [0.2, 0.25) is 0 Å². The Kier molecular flexibility index (Phi) is 11.1. The van der Waals surface area contributed by atoms with Crippen molar-refractivity contribution in [2.24, 2.45) is 34.5 Å². The number of aliphatic hydroxyl groups excluding tert-OH is 5. The van der Waals surface area contributed by atoms with Crippen molar-refractivity contribution in [2.75, 3.05) is 6.61 Å². The van der Waals surface area contributed by atoms with E-state index in [2.05, 4.69) is 13.8 Å². The predicted octanol–water partition coefficient (Wildman–Crippen LogP) is 2.22. The summed E-state index contributed by atoms with van der Waals surface area (Å²) in [5.41, 5.74) is -0.743. The molecule has 14 nitrogen and oxygen atoms in total. The molecule has 6 N–H and O–H groups in total. The summed E-state index contributed by atoms with van der Waals surface area (Å²) in [7, 11) is 0. The van der Waals surface area contributed by atoms with Gasteiger partial charge in [-0.25, -0.2) is 4.79 Å². The highest BCUT2D eigenvalue weighted by Crippen LogP contribution is 2.70. The maximum Gasteiger partial charge on any atom is 0.331 e. The van der Waals surface area contributed by atoms with Gasteiger partial charge in [-0.1, -0.05) is 13.8 Å². The maximum absolute atomic E-state index is 12.6. The van der Waals surface area contributed by atoms with Crippen LogP contribution in [0.15, 0.2) is 11.6 Å². The third-order valence-electron chi connectivity index (χ3n) is 15.8. The molecule has 0 aromatic carbocycles. The fourth-order valence-corrected chi connectivity index (χ4v) is 12.8. The molecule has 0 aromatic rings. The van der Waals surface area contributed by atoms with Gasteiger partial charge in [0, 0.05) is 43.1 Å². The van der Waals surface area contributed by atoms with Gasteiger partial charge in [0.25, 0.3) is 0 Å². The smallest absolute Gasteiger partial charge is 0.331 e. The van der Waals surface area contributed by atoms with E-state index in [1.807, 2.05) is 6.92 Å². The van der Waals surface area contributed by atoms with Gasteiger partial charge in [-0.15, -0.1) is 0 Å². The molecule has 4 aliphatic carbocycles. The van der Waals surface area contributed by atoms with E-state index in [1.54, 1.807) is 13.8 Å². The second-order valence-electron chi connectivity index (χ2n) is 18.9. The lowest BCUT2D eigenvalue weighted by atomic mass is 9.43. The Balaban J connectivity index is 0.936. The summed E-state index contributed by atoms with van der Waals surface area (Å²) in [5, 5.41) is 65.5. The minimum absolute atomic E-state index is 0.00949. The largest absolute Gasteiger partial charge is 0.458 e. The van der Waals surface area contributed by atoms with E-state index in [1.165, 1.54) is 6.08 Å². The quantitative estimate of drug-likeness (QED) is 0.162. The van der Waals surface area contributed by atoms with Crippen LogP contribution in [-0.2, 0) is 38.0 Å². The monoisotopic (exact) mass is 780 g/mol. The Morgan fingerprint density at radius 1 is 0.709 bits per heavy atom. The zero-order valence-corrected chi connectivity index (χ0v) is 32.9. The van der Waals surface area contributed by atoms with Crippen molar-refractivity contribution < 1.29 is 68.6 Å². The van der Waals surface area contributed by atoms with E-state index in [0.29, 0.717) is 24.7 Å². The molecule has 4 saturated carbocycles. The number of ether oxygens (including phenoxy) is 7. The lowest BCUT2D eigenvalue weighted by molar-refractivity contribution is -0.344. The molecule has 0 bridgehead atoms. The Morgan fingerprint density at radius 2 is 1.35 bits per heavy atom. The molecule has 7 fully saturated rings. The third kappa shape index (κ3) is 7.05. The molecule has 4 heterocycles. The van der Waals surface area contributed by atoms with Gasteiger partial charge < -0.3 is 63.8 Å². The van der Waals surface area contributed by atoms with Gasteiger partial charge in [0.15, 0.2) is 18.9 Å². The molecule has 4 aliphatic heterocycles. The Hall–Kier alpha value is -1.27. The van der Waals surface area contributed by atoms with E-state index in [9.17, 15) is 35.4 Å². The van der Waals surface area contributed by atoms with Crippen LogP contribution in [0.3, 0.4) is 0 Å². The predicted molar refractivity (Wildman–Crippen MR) is 193 cm³/mol. The minimum atomic E-state index is -1.03.